The minimum atomic E-state index is -0.317. The van der Waals surface area contributed by atoms with Gasteiger partial charge >= 0.3 is 0 Å². The van der Waals surface area contributed by atoms with E-state index in [1.54, 1.807) is 0 Å². The van der Waals surface area contributed by atoms with Gasteiger partial charge in [-0.25, -0.2) is 0 Å². The lowest BCUT2D eigenvalue weighted by atomic mass is 9.68. The molecule has 0 amide bonds. The van der Waals surface area contributed by atoms with Gasteiger partial charge in [-0.2, -0.15) is 0 Å². The molecule has 0 heterocycles. The number of rotatable bonds is 4. The number of hydrogen-bond donors (Lipinski definition) is 0. The quantitative estimate of drug-likeness (QED) is 0.495. The number of benzene rings is 1. The first-order chi connectivity index (χ1) is 12.9. The summed E-state index contributed by atoms with van der Waals surface area (Å²) in [7, 11) is 0. The Bertz CT molecular complexity index is 998. The van der Waals surface area contributed by atoms with Gasteiger partial charge in [0.2, 0.25) is 0 Å². The van der Waals surface area contributed by atoms with Crippen molar-refractivity contribution >= 4 is 5.57 Å². The molecule has 0 saturated carbocycles. The van der Waals surface area contributed by atoms with Crippen LogP contribution < -0.4 is 0 Å². The molecule has 0 aromatic heterocycles. The van der Waals surface area contributed by atoms with E-state index in [0.717, 1.165) is 5.57 Å². The van der Waals surface area contributed by atoms with Gasteiger partial charge in [0.15, 0.2) is 0 Å². The third kappa shape index (κ3) is 2.51. The molecule has 1 unspecified atom stereocenters. The maximum atomic E-state index is 4.20. The molecule has 1 aromatic rings. The van der Waals surface area contributed by atoms with E-state index >= 15 is 0 Å². The normalized spacial score (nSPS) is 24.6. The fourth-order valence-corrected chi connectivity index (χ4v) is 4.72. The van der Waals surface area contributed by atoms with E-state index in [4.69, 9.17) is 0 Å². The third-order valence-electron chi connectivity index (χ3n) is 5.78. The van der Waals surface area contributed by atoms with Gasteiger partial charge in [-0.05, 0) is 72.3 Å². The van der Waals surface area contributed by atoms with Crippen LogP contribution in [0.5, 0.6) is 0 Å². The lowest BCUT2D eigenvalue weighted by Gasteiger charge is -2.33. The largest absolute Gasteiger partial charge is 0.0991 e. The summed E-state index contributed by atoms with van der Waals surface area (Å²) in [4.78, 5) is 0. The Kier molecular flexibility index (Phi) is 4.93. The summed E-state index contributed by atoms with van der Waals surface area (Å²) in [5, 5.41) is 0. The van der Waals surface area contributed by atoms with E-state index < -0.39 is 0 Å². The zero-order chi connectivity index (χ0) is 19.8. The van der Waals surface area contributed by atoms with E-state index in [9.17, 15) is 0 Å². The summed E-state index contributed by atoms with van der Waals surface area (Å²) in [5.74, 6) is 0. The minimum Gasteiger partial charge on any atom is -0.0991 e. The highest BCUT2D eigenvalue weighted by Crippen LogP contribution is 2.62. The number of allylic oxidation sites excluding steroid dienone is 13. The van der Waals surface area contributed by atoms with E-state index in [1.165, 1.54) is 44.6 Å². The molecule has 2 aliphatic rings. The molecular formula is C27H28. The molecule has 0 aliphatic heterocycles. The van der Waals surface area contributed by atoms with Gasteiger partial charge in [0.1, 0.15) is 0 Å². The highest BCUT2D eigenvalue weighted by molar-refractivity contribution is 5.97. The van der Waals surface area contributed by atoms with Crippen LogP contribution in [0.4, 0.5) is 0 Å². The molecule has 0 radical (unpaired) electrons. The summed E-state index contributed by atoms with van der Waals surface area (Å²) in [5.41, 5.74) is 11.1. The minimum absolute atomic E-state index is 0.317. The molecule has 0 N–H and O–H groups in total. The van der Waals surface area contributed by atoms with Gasteiger partial charge in [0, 0.05) is 0 Å². The molecule has 0 heteroatoms. The van der Waals surface area contributed by atoms with Crippen LogP contribution >= 0.6 is 0 Å². The van der Waals surface area contributed by atoms with Gasteiger partial charge in [0.25, 0.3) is 0 Å². The van der Waals surface area contributed by atoms with Crippen LogP contribution in [0, 0.1) is 0 Å². The molecule has 0 bridgehead atoms. The Morgan fingerprint density at radius 1 is 1.04 bits per heavy atom. The first-order valence-corrected chi connectivity index (χ1v) is 9.43. The van der Waals surface area contributed by atoms with Crippen LogP contribution in [0.1, 0.15) is 38.8 Å². The summed E-state index contributed by atoms with van der Waals surface area (Å²) >= 11 is 0. The first-order valence-electron chi connectivity index (χ1n) is 9.43. The average molecular weight is 353 g/mol. The Morgan fingerprint density at radius 2 is 1.70 bits per heavy atom. The standard InChI is InChI=1S/C27H28/c1-8-11-15-25-20(7)19(6)23(9-2)27(25)24(10-3)22(17-18(4)5)21-14-12-13-16-26(21)27/h8-17H,1-2,4H2,3,5-7H3/b15-11-,22-17-,24-10+. The van der Waals surface area contributed by atoms with Crippen LogP contribution in [0.25, 0.3) is 5.57 Å². The van der Waals surface area contributed by atoms with Crippen molar-refractivity contribution < 1.29 is 0 Å². The second-order valence-corrected chi connectivity index (χ2v) is 7.28. The van der Waals surface area contributed by atoms with E-state index in [2.05, 4.69) is 89.9 Å². The van der Waals surface area contributed by atoms with Gasteiger partial charge in [0.05, 0.1) is 5.41 Å². The summed E-state index contributed by atoms with van der Waals surface area (Å²) in [6.45, 7) is 20.8. The lowest BCUT2D eigenvalue weighted by molar-refractivity contribution is 0.777. The number of hydrogen-bond acceptors (Lipinski definition) is 0. The predicted octanol–water partition coefficient (Wildman–Crippen LogP) is 7.42. The smallest absolute Gasteiger partial charge is 0.0715 e. The molecule has 2 aliphatic carbocycles. The highest BCUT2D eigenvalue weighted by Gasteiger charge is 2.52. The van der Waals surface area contributed by atoms with E-state index in [0.29, 0.717) is 0 Å². The highest BCUT2D eigenvalue weighted by atomic mass is 14.5. The van der Waals surface area contributed by atoms with Crippen LogP contribution in [0.3, 0.4) is 0 Å². The Labute approximate surface area is 164 Å². The zero-order valence-corrected chi connectivity index (χ0v) is 16.9. The van der Waals surface area contributed by atoms with Crippen molar-refractivity contribution in [2.45, 2.75) is 33.1 Å². The van der Waals surface area contributed by atoms with Crippen LogP contribution in [-0.2, 0) is 5.41 Å². The topological polar surface area (TPSA) is 0 Å². The second kappa shape index (κ2) is 7.04. The molecule has 0 saturated heterocycles. The van der Waals surface area contributed by atoms with Gasteiger partial charge in [-0.3, -0.25) is 0 Å². The molecule has 0 nitrogen and oxygen atoms in total. The summed E-state index contributed by atoms with van der Waals surface area (Å²) < 4.78 is 0. The molecule has 3 rings (SSSR count). The van der Waals surface area contributed by atoms with E-state index in [-0.39, 0.29) is 5.41 Å². The Morgan fingerprint density at radius 3 is 2.30 bits per heavy atom. The zero-order valence-electron chi connectivity index (χ0n) is 16.9. The van der Waals surface area contributed by atoms with Crippen LogP contribution in [-0.4, -0.2) is 0 Å². The maximum absolute atomic E-state index is 4.20. The molecule has 1 spiro atoms. The summed E-state index contributed by atoms with van der Waals surface area (Å²) in [6.07, 6.45) is 12.6. The van der Waals surface area contributed by atoms with Crippen molar-refractivity contribution in [2.75, 3.05) is 0 Å². The van der Waals surface area contributed by atoms with Gasteiger partial charge in [-0.1, -0.05) is 86.0 Å². The predicted molar refractivity (Wildman–Crippen MR) is 120 cm³/mol. The molecule has 136 valence electrons. The molecule has 1 aromatic carbocycles. The SMILES string of the molecule is C=C/C=C\C1=C(C)C(C)=C(C=C)C12C(=C/C)/C(=C\C(=C)C)c1ccccc12. The molecule has 0 fully saturated rings. The van der Waals surface area contributed by atoms with Gasteiger partial charge < -0.3 is 0 Å². The average Bonchev–Trinajstić information content (AvgIpc) is 3.03. The fraction of sp³-hybridized carbons (Fsp3) is 0.185. The molecule has 1 atom stereocenters. The van der Waals surface area contributed by atoms with Gasteiger partial charge in [-0.15, -0.1) is 0 Å². The van der Waals surface area contributed by atoms with Crippen molar-refractivity contribution in [2.24, 2.45) is 0 Å². The summed E-state index contributed by atoms with van der Waals surface area (Å²) in [6, 6.07) is 8.73. The van der Waals surface area contributed by atoms with Crippen molar-refractivity contribution in [1.82, 2.24) is 0 Å². The lowest BCUT2D eigenvalue weighted by Crippen LogP contribution is -2.27. The first kappa shape index (κ1) is 18.9. The van der Waals surface area contributed by atoms with Crippen molar-refractivity contribution in [3.05, 3.63) is 125 Å². The van der Waals surface area contributed by atoms with Crippen molar-refractivity contribution in [1.29, 1.82) is 0 Å². The number of fused-ring (bicyclic) bond motifs is 2. The Hall–Kier alpha value is -2.86. The van der Waals surface area contributed by atoms with Crippen molar-refractivity contribution in [3.8, 4) is 0 Å². The third-order valence-corrected chi connectivity index (χ3v) is 5.78. The maximum Gasteiger partial charge on any atom is 0.0715 e. The monoisotopic (exact) mass is 352 g/mol. The second-order valence-electron chi connectivity index (χ2n) is 7.28. The van der Waals surface area contributed by atoms with Crippen LogP contribution in [0.15, 0.2) is 114 Å². The molecular weight excluding hydrogens is 324 g/mol. The molecule has 27 heavy (non-hydrogen) atoms. The Balaban J connectivity index is 2.52. The van der Waals surface area contributed by atoms with Crippen LogP contribution in [0.2, 0.25) is 0 Å². The van der Waals surface area contributed by atoms with Crippen molar-refractivity contribution in [3.63, 3.8) is 0 Å². The van der Waals surface area contributed by atoms with E-state index in [1.807, 2.05) is 18.2 Å². The fourth-order valence-electron chi connectivity index (χ4n) is 4.72.